The molecule has 1 rings (SSSR count). The van der Waals surface area contributed by atoms with E-state index in [2.05, 4.69) is 18.5 Å². The Morgan fingerprint density at radius 1 is 1.50 bits per heavy atom. The van der Waals surface area contributed by atoms with Gasteiger partial charge in [-0.25, -0.2) is 0 Å². The van der Waals surface area contributed by atoms with Gasteiger partial charge in [0.15, 0.2) is 0 Å². The molecular formula is C14H21NO3. The highest BCUT2D eigenvalue weighted by Gasteiger charge is 2.41. The number of nitrogens with one attached hydrogen (secondary N) is 1. The van der Waals surface area contributed by atoms with Gasteiger partial charge in [-0.1, -0.05) is 12.2 Å². The van der Waals surface area contributed by atoms with Crippen molar-refractivity contribution in [3.63, 3.8) is 0 Å². The second-order valence-electron chi connectivity index (χ2n) is 4.60. The maximum atomic E-state index is 12.0. The van der Waals surface area contributed by atoms with Crippen LogP contribution in [0.25, 0.3) is 0 Å². The minimum atomic E-state index is -0.673. The van der Waals surface area contributed by atoms with Gasteiger partial charge in [0, 0.05) is 5.54 Å². The van der Waals surface area contributed by atoms with Crippen LogP contribution < -0.4 is 5.32 Å². The quantitative estimate of drug-likeness (QED) is 0.446. The van der Waals surface area contributed by atoms with Crippen molar-refractivity contribution in [1.29, 1.82) is 0 Å². The molecule has 0 radical (unpaired) electrons. The van der Waals surface area contributed by atoms with Crippen LogP contribution >= 0.6 is 0 Å². The summed E-state index contributed by atoms with van der Waals surface area (Å²) in [6.07, 6.45) is 6.19. The van der Waals surface area contributed by atoms with Crippen molar-refractivity contribution in [2.45, 2.75) is 38.1 Å². The summed E-state index contributed by atoms with van der Waals surface area (Å²) < 4.78 is 4.90. The number of piperidine rings is 1. The molecule has 18 heavy (non-hydrogen) atoms. The summed E-state index contributed by atoms with van der Waals surface area (Å²) in [6.45, 7) is 9.46. The zero-order chi connectivity index (χ0) is 13.6. The van der Waals surface area contributed by atoms with Gasteiger partial charge in [-0.3, -0.25) is 9.59 Å². The molecule has 1 N–H and O–H groups in total. The zero-order valence-corrected chi connectivity index (χ0v) is 10.9. The topological polar surface area (TPSA) is 55.4 Å². The summed E-state index contributed by atoms with van der Waals surface area (Å²) in [5, 5.41) is 2.94. The van der Waals surface area contributed by atoms with E-state index in [-0.39, 0.29) is 11.4 Å². The first-order chi connectivity index (χ1) is 8.58. The number of carbonyl (C=O) groups is 2. The van der Waals surface area contributed by atoms with E-state index < -0.39 is 11.9 Å². The fourth-order valence-corrected chi connectivity index (χ4v) is 2.37. The third-order valence-electron chi connectivity index (χ3n) is 3.26. The first kappa shape index (κ1) is 14.5. The number of hydrogen-bond donors (Lipinski definition) is 1. The first-order valence-corrected chi connectivity index (χ1v) is 6.29. The van der Waals surface area contributed by atoms with Gasteiger partial charge < -0.3 is 10.1 Å². The number of hydrogen-bond acceptors (Lipinski definition) is 3. The lowest BCUT2D eigenvalue weighted by molar-refractivity contribution is -0.154. The lowest BCUT2D eigenvalue weighted by Gasteiger charge is -2.39. The average Bonchev–Trinajstić information content (AvgIpc) is 2.30. The van der Waals surface area contributed by atoms with Crippen molar-refractivity contribution in [3.05, 3.63) is 25.3 Å². The predicted molar refractivity (Wildman–Crippen MR) is 69.9 cm³/mol. The van der Waals surface area contributed by atoms with Crippen molar-refractivity contribution in [3.8, 4) is 0 Å². The molecule has 1 unspecified atom stereocenters. The highest BCUT2D eigenvalue weighted by molar-refractivity contribution is 5.98. The third-order valence-corrected chi connectivity index (χ3v) is 3.26. The Bertz CT molecular complexity index is 339. The van der Waals surface area contributed by atoms with E-state index in [1.807, 2.05) is 0 Å². The maximum Gasteiger partial charge on any atom is 0.318 e. The van der Waals surface area contributed by atoms with Crippen LogP contribution in [0.15, 0.2) is 25.3 Å². The van der Waals surface area contributed by atoms with Crippen LogP contribution in [-0.2, 0) is 14.3 Å². The number of amides is 1. The Hall–Kier alpha value is -1.58. The van der Waals surface area contributed by atoms with E-state index in [4.69, 9.17) is 4.74 Å². The molecule has 4 heteroatoms. The largest absolute Gasteiger partial charge is 0.465 e. The number of esters is 1. The molecule has 0 aromatic heterocycles. The van der Waals surface area contributed by atoms with Crippen LogP contribution in [0.5, 0.6) is 0 Å². The van der Waals surface area contributed by atoms with Crippen LogP contribution in [0.1, 0.15) is 32.6 Å². The lowest BCUT2D eigenvalue weighted by Crippen LogP contribution is -2.55. The SMILES string of the molecule is C=CCC1(CC=C)CCC(C(=O)OCC)C(=O)N1. The van der Waals surface area contributed by atoms with Crippen LogP contribution in [-0.4, -0.2) is 24.0 Å². The predicted octanol–water partition coefficient (Wildman–Crippen LogP) is 1.97. The molecule has 0 aromatic carbocycles. The first-order valence-electron chi connectivity index (χ1n) is 6.29. The second-order valence-corrected chi connectivity index (χ2v) is 4.60. The van der Waals surface area contributed by atoms with Crippen molar-refractivity contribution in [1.82, 2.24) is 5.32 Å². The van der Waals surface area contributed by atoms with Gasteiger partial charge in [0.2, 0.25) is 5.91 Å². The molecule has 1 atom stereocenters. The molecule has 100 valence electrons. The fourth-order valence-electron chi connectivity index (χ4n) is 2.37. The molecule has 1 fully saturated rings. The molecule has 1 aliphatic heterocycles. The molecule has 0 saturated carbocycles. The van der Waals surface area contributed by atoms with Crippen LogP contribution in [0.2, 0.25) is 0 Å². The highest BCUT2D eigenvalue weighted by atomic mass is 16.5. The van der Waals surface area contributed by atoms with Crippen molar-refractivity contribution in [2.24, 2.45) is 5.92 Å². The number of ether oxygens (including phenoxy) is 1. The molecule has 1 amide bonds. The van der Waals surface area contributed by atoms with E-state index in [9.17, 15) is 9.59 Å². The van der Waals surface area contributed by atoms with E-state index >= 15 is 0 Å². The monoisotopic (exact) mass is 251 g/mol. The van der Waals surface area contributed by atoms with Crippen LogP contribution in [0.3, 0.4) is 0 Å². The fraction of sp³-hybridized carbons (Fsp3) is 0.571. The van der Waals surface area contributed by atoms with E-state index in [1.54, 1.807) is 19.1 Å². The van der Waals surface area contributed by atoms with E-state index in [0.717, 1.165) is 6.42 Å². The number of carbonyl (C=O) groups excluding carboxylic acids is 2. The smallest absolute Gasteiger partial charge is 0.318 e. The van der Waals surface area contributed by atoms with Gasteiger partial charge in [0.05, 0.1) is 6.61 Å². The van der Waals surface area contributed by atoms with Crippen LogP contribution in [0.4, 0.5) is 0 Å². The third kappa shape index (κ3) is 3.22. The summed E-state index contributed by atoms with van der Waals surface area (Å²) in [6, 6.07) is 0. The molecule has 1 aliphatic rings. The molecule has 1 saturated heterocycles. The van der Waals surface area contributed by atoms with Crippen molar-refractivity contribution in [2.75, 3.05) is 6.61 Å². The number of rotatable bonds is 6. The summed E-state index contributed by atoms with van der Waals surface area (Å²) >= 11 is 0. The summed E-state index contributed by atoms with van der Waals surface area (Å²) in [5.74, 6) is -1.35. The molecule has 0 bridgehead atoms. The minimum Gasteiger partial charge on any atom is -0.465 e. The molecule has 1 heterocycles. The van der Waals surface area contributed by atoms with Gasteiger partial charge in [-0.15, -0.1) is 13.2 Å². The van der Waals surface area contributed by atoms with Gasteiger partial charge in [-0.2, -0.15) is 0 Å². The molecule has 0 aromatic rings. The maximum absolute atomic E-state index is 12.0. The highest BCUT2D eigenvalue weighted by Crippen LogP contribution is 2.30. The van der Waals surface area contributed by atoms with E-state index in [1.165, 1.54) is 0 Å². The Balaban J connectivity index is 2.73. The molecule has 0 aliphatic carbocycles. The van der Waals surface area contributed by atoms with Crippen molar-refractivity contribution >= 4 is 11.9 Å². The van der Waals surface area contributed by atoms with Crippen molar-refractivity contribution < 1.29 is 14.3 Å². The Morgan fingerprint density at radius 3 is 2.56 bits per heavy atom. The molecular weight excluding hydrogens is 230 g/mol. The zero-order valence-electron chi connectivity index (χ0n) is 10.9. The summed E-state index contributed by atoms with van der Waals surface area (Å²) in [5.41, 5.74) is -0.330. The minimum absolute atomic E-state index is 0.247. The molecule has 0 spiro atoms. The Kier molecular flexibility index (Phi) is 5.13. The van der Waals surface area contributed by atoms with E-state index in [0.29, 0.717) is 25.9 Å². The summed E-state index contributed by atoms with van der Waals surface area (Å²) in [7, 11) is 0. The van der Waals surface area contributed by atoms with Gasteiger partial charge in [0.25, 0.3) is 0 Å². The molecule has 4 nitrogen and oxygen atoms in total. The summed E-state index contributed by atoms with van der Waals surface area (Å²) in [4.78, 5) is 23.6. The normalized spacial score (nSPS) is 21.8. The average molecular weight is 251 g/mol. The van der Waals surface area contributed by atoms with Crippen LogP contribution in [0, 0.1) is 5.92 Å². The lowest BCUT2D eigenvalue weighted by atomic mass is 9.79. The van der Waals surface area contributed by atoms with Gasteiger partial charge >= 0.3 is 5.97 Å². The van der Waals surface area contributed by atoms with Gasteiger partial charge in [-0.05, 0) is 32.6 Å². The standard InChI is InChI=1S/C14H21NO3/c1-4-8-14(9-5-2)10-7-11(12(16)15-14)13(17)18-6-3/h4-5,11H,1-2,6-10H2,3H3,(H,15,16). The Morgan fingerprint density at radius 2 is 2.11 bits per heavy atom. The Labute approximate surface area is 108 Å². The van der Waals surface area contributed by atoms with Gasteiger partial charge in [0.1, 0.15) is 5.92 Å². The second kappa shape index (κ2) is 6.38.